The van der Waals surface area contributed by atoms with Gasteiger partial charge in [-0.15, -0.1) is 0 Å². The summed E-state index contributed by atoms with van der Waals surface area (Å²) < 4.78 is 30.4. The van der Waals surface area contributed by atoms with Crippen molar-refractivity contribution in [2.24, 2.45) is 0 Å². The largest absolute Gasteiger partial charge is 0.421 e. The van der Waals surface area contributed by atoms with E-state index in [4.69, 9.17) is 27.9 Å². The van der Waals surface area contributed by atoms with Crippen molar-refractivity contribution in [3.63, 3.8) is 0 Å². The van der Waals surface area contributed by atoms with Crippen LogP contribution in [0, 0.1) is 0 Å². The molecule has 8 heteroatoms. The third-order valence-corrected chi connectivity index (χ3v) is 5.30. The van der Waals surface area contributed by atoms with Crippen LogP contribution in [-0.2, 0) is 10.0 Å². The summed E-state index contributed by atoms with van der Waals surface area (Å²) in [4.78, 5) is 12.2. The maximum atomic E-state index is 12.2. The number of esters is 1. The van der Waals surface area contributed by atoms with Crippen molar-refractivity contribution < 1.29 is 17.9 Å². The molecule has 2 rings (SSSR count). The molecule has 0 bridgehead atoms. The van der Waals surface area contributed by atoms with Gasteiger partial charge in [-0.3, -0.25) is 0 Å². The predicted molar refractivity (Wildman–Crippen MR) is 88.7 cm³/mol. The van der Waals surface area contributed by atoms with Crippen molar-refractivity contribution in [3.05, 3.63) is 58.1 Å². The van der Waals surface area contributed by atoms with Crippen LogP contribution in [0.3, 0.4) is 0 Å². The summed E-state index contributed by atoms with van der Waals surface area (Å²) in [6, 6.07) is 10.0. The number of ether oxygens (including phenoxy) is 1. The lowest BCUT2D eigenvalue weighted by Gasteiger charge is -2.12. The first-order valence-electron chi connectivity index (χ1n) is 6.41. The summed E-state index contributed by atoms with van der Waals surface area (Å²) in [5, 5.41) is 0.584. The van der Waals surface area contributed by atoms with Gasteiger partial charge in [0.1, 0.15) is 0 Å². The molecule has 0 heterocycles. The molecule has 5 nitrogen and oxygen atoms in total. The van der Waals surface area contributed by atoms with Gasteiger partial charge in [0.15, 0.2) is 5.75 Å². The molecule has 0 aliphatic heterocycles. The molecule has 0 N–H and O–H groups in total. The highest BCUT2D eigenvalue weighted by Gasteiger charge is 2.19. The van der Waals surface area contributed by atoms with E-state index in [1.807, 2.05) is 0 Å². The van der Waals surface area contributed by atoms with Crippen LogP contribution in [0.15, 0.2) is 47.4 Å². The smallest absolute Gasteiger partial charge is 0.343 e. The van der Waals surface area contributed by atoms with Crippen molar-refractivity contribution >= 4 is 39.2 Å². The third-order valence-electron chi connectivity index (χ3n) is 2.94. The van der Waals surface area contributed by atoms with Gasteiger partial charge in [0.05, 0.1) is 15.5 Å². The van der Waals surface area contributed by atoms with E-state index in [0.717, 1.165) is 4.31 Å². The van der Waals surface area contributed by atoms with Crippen LogP contribution in [0.25, 0.3) is 0 Å². The molecule has 0 saturated carbocycles. The van der Waals surface area contributed by atoms with Crippen molar-refractivity contribution in [3.8, 4) is 5.75 Å². The SMILES string of the molecule is CN(C)S(=O)(=O)c1cccc(C(=O)Oc2cc(Cl)ccc2Cl)c1. The summed E-state index contributed by atoms with van der Waals surface area (Å²) in [5.41, 5.74) is 0.0870. The lowest BCUT2D eigenvalue weighted by atomic mass is 10.2. The quantitative estimate of drug-likeness (QED) is 0.607. The summed E-state index contributed by atoms with van der Waals surface area (Å²) in [6.45, 7) is 0. The van der Waals surface area contributed by atoms with Crippen LogP contribution in [0.1, 0.15) is 10.4 Å². The highest BCUT2D eigenvalue weighted by Crippen LogP contribution is 2.28. The molecule has 0 amide bonds. The molecule has 122 valence electrons. The standard InChI is InChI=1S/C15H13Cl2NO4S/c1-18(2)23(20,21)12-5-3-4-10(8-12)15(19)22-14-9-11(16)6-7-13(14)17/h3-9H,1-2H3. The third kappa shape index (κ3) is 4.03. The van der Waals surface area contributed by atoms with E-state index < -0.39 is 16.0 Å². The molecule has 0 fully saturated rings. The minimum Gasteiger partial charge on any atom is -0.421 e. The topological polar surface area (TPSA) is 63.7 Å². The number of halogens is 2. The summed E-state index contributed by atoms with van der Waals surface area (Å²) in [5.74, 6) is -0.630. The Morgan fingerprint density at radius 3 is 2.43 bits per heavy atom. The Balaban J connectivity index is 2.32. The van der Waals surface area contributed by atoms with Crippen LogP contribution >= 0.6 is 23.2 Å². The number of carbonyl (C=O) groups is 1. The van der Waals surface area contributed by atoms with Crippen molar-refractivity contribution in [1.82, 2.24) is 4.31 Å². The Kier molecular flexibility index (Phi) is 5.31. The fraction of sp³-hybridized carbons (Fsp3) is 0.133. The van der Waals surface area contributed by atoms with Gasteiger partial charge in [-0.05, 0) is 30.3 Å². The Bertz CT molecular complexity index is 850. The van der Waals surface area contributed by atoms with Crippen molar-refractivity contribution in [2.45, 2.75) is 4.90 Å². The molecule has 0 aliphatic carbocycles. The number of benzene rings is 2. The molecule has 0 unspecified atom stereocenters. The Hall–Kier alpha value is -1.60. The van der Waals surface area contributed by atoms with Crippen LogP contribution < -0.4 is 4.74 Å². The van der Waals surface area contributed by atoms with E-state index in [-0.39, 0.29) is 21.2 Å². The first-order valence-corrected chi connectivity index (χ1v) is 8.61. The Morgan fingerprint density at radius 1 is 1.09 bits per heavy atom. The van der Waals surface area contributed by atoms with Crippen molar-refractivity contribution in [1.29, 1.82) is 0 Å². The van der Waals surface area contributed by atoms with E-state index >= 15 is 0 Å². The van der Waals surface area contributed by atoms with Gasteiger partial charge in [0, 0.05) is 25.2 Å². The van der Waals surface area contributed by atoms with Crippen LogP contribution in [-0.4, -0.2) is 32.8 Å². The second kappa shape index (κ2) is 6.88. The zero-order valence-electron chi connectivity index (χ0n) is 12.3. The molecule has 0 atom stereocenters. The van der Waals surface area contributed by atoms with Gasteiger partial charge in [0.2, 0.25) is 10.0 Å². The summed E-state index contributed by atoms with van der Waals surface area (Å²) >= 11 is 11.8. The minimum atomic E-state index is -3.64. The molecule has 23 heavy (non-hydrogen) atoms. The van der Waals surface area contributed by atoms with E-state index in [9.17, 15) is 13.2 Å². The highest BCUT2D eigenvalue weighted by molar-refractivity contribution is 7.89. The Labute approximate surface area is 144 Å². The van der Waals surface area contributed by atoms with Crippen LogP contribution in [0.5, 0.6) is 5.75 Å². The van der Waals surface area contributed by atoms with E-state index in [1.165, 1.54) is 50.5 Å². The molecule has 0 radical (unpaired) electrons. The lowest BCUT2D eigenvalue weighted by Crippen LogP contribution is -2.22. The zero-order valence-corrected chi connectivity index (χ0v) is 14.6. The molecule has 0 aromatic heterocycles. The summed E-state index contributed by atoms with van der Waals surface area (Å²) in [6.07, 6.45) is 0. The number of rotatable bonds is 4. The van der Waals surface area contributed by atoms with Gasteiger partial charge < -0.3 is 4.74 Å². The number of hydrogen-bond acceptors (Lipinski definition) is 4. The fourth-order valence-electron chi connectivity index (χ4n) is 1.71. The minimum absolute atomic E-state index is 0.00542. The molecule has 0 aliphatic rings. The first kappa shape index (κ1) is 17.7. The van der Waals surface area contributed by atoms with E-state index in [2.05, 4.69) is 0 Å². The first-order chi connectivity index (χ1) is 10.7. The Morgan fingerprint density at radius 2 is 1.78 bits per heavy atom. The molecule has 2 aromatic carbocycles. The van der Waals surface area contributed by atoms with Gasteiger partial charge >= 0.3 is 5.97 Å². The number of nitrogens with zero attached hydrogens (tertiary/aromatic N) is 1. The van der Waals surface area contributed by atoms with Crippen molar-refractivity contribution in [2.75, 3.05) is 14.1 Å². The molecular weight excluding hydrogens is 361 g/mol. The predicted octanol–water partition coefficient (Wildman–Crippen LogP) is 3.46. The monoisotopic (exact) mass is 373 g/mol. The van der Waals surface area contributed by atoms with Gasteiger partial charge in [-0.1, -0.05) is 29.3 Å². The average Bonchev–Trinajstić information content (AvgIpc) is 2.50. The molecule has 2 aromatic rings. The van der Waals surface area contributed by atoms with E-state index in [0.29, 0.717) is 5.02 Å². The second-order valence-corrected chi connectivity index (χ2v) is 7.77. The zero-order chi connectivity index (χ0) is 17.2. The maximum Gasteiger partial charge on any atom is 0.343 e. The maximum absolute atomic E-state index is 12.2. The normalized spacial score (nSPS) is 11.5. The second-order valence-electron chi connectivity index (χ2n) is 4.78. The van der Waals surface area contributed by atoms with Crippen LogP contribution in [0.4, 0.5) is 0 Å². The van der Waals surface area contributed by atoms with Gasteiger partial charge in [0.25, 0.3) is 0 Å². The lowest BCUT2D eigenvalue weighted by molar-refractivity contribution is 0.0734. The molecule has 0 spiro atoms. The number of hydrogen-bond donors (Lipinski definition) is 0. The van der Waals surface area contributed by atoms with Crippen LogP contribution in [0.2, 0.25) is 10.0 Å². The molecular formula is C15H13Cl2NO4S. The number of sulfonamides is 1. The van der Waals surface area contributed by atoms with E-state index in [1.54, 1.807) is 6.07 Å². The number of carbonyl (C=O) groups excluding carboxylic acids is 1. The highest BCUT2D eigenvalue weighted by atomic mass is 35.5. The van der Waals surface area contributed by atoms with Gasteiger partial charge in [-0.2, -0.15) is 0 Å². The average molecular weight is 374 g/mol. The van der Waals surface area contributed by atoms with Gasteiger partial charge in [-0.25, -0.2) is 17.5 Å². The fourth-order valence-corrected chi connectivity index (χ4v) is 2.97. The summed E-state index contributed by atoms with van der Waals surface area (Å²) in [7, 11) is -0.825. The molecule has 0 saturated heterocycles.